The van der Waals surface area contributed by atoms with Crippen LogP contribution in [0.1, 0.15) is 30.9 Å². The average Bonchev–Trinajstić information content (AvgIpc) is 2.25. The van der Waals surface area contributed by atoms with Gasteiger partial charge in [-0.15, -0.1) is 0 Å². The second kappa shape index (κ2) is 3.41. The molecule has 1 aliphatic rings. The smallest absolute Gasteiger partial charge is 0.122 e. The van der Waals surface area contributed by atoms with E-state index < -0.39 is 0 Å². The van der Waals surface area contributed by atoms with E-state index in [4.69, 9.17) is 4.74 Å². The highest BCUT2D eigenvalue weighted by Gasteiger charge is 2.13. The largest absolute Gasteiger partial charge is 0.490 e. The van der Waals surface area contributed by atoms with E-state index in [1.165, 1.54) is 30.4 Å². The maximum Gasteiger partial charge on any atom is 0.122 e. The Morgan fingerprint density at radius 1 is 1.38 bits per heavy atom. The van der Waals surface area contributed by atoms with Crippen LogP contribution in [-0.2, 0) is 6.42 Å². The molecule has 0 aliphatic carbocycles. The summed E-state index contributed by atoms with van der Waals surface area (Å²) in [7, 11) is 0. The minimum atomic E-state index is 0.379. The Balaban J connectivity index is 2.34. The Morgan fingerprint density at radius 3 is 3.08 bits per heavy atom. The number of hydrogen-bond acceptors (Lipinski definition) is 1. The van der Waals surface area contributed by atoms with Gasteiger partial charge in [0, 0.05) is 0 Å². The molecule has 1 heterocycles. The second-order valence-electron chi connectivity index (χ2n) is 3.93. The van der Waals surface area contributed by atoms with Crippen molar-refractivity contribution in [2.75, 3.05) is 0 Å². The molecule has 13 heavy (non-hydrogen) atoms. The number of aryl methyl sites for hydroxylation is 2. The van der Waals surface area contributed by atoms with Gasteiger partial charge < -0.3 is 4.74 Å². The summed E-state index contributed by atoms with van der Waals surface area (Å²) >= 11 is 0. The summed E-state index contributed by atoms with van der Waals surface area (Å²) in [5.41, 5.74) is 2.71. The lowest BCUT2D eigenvalue weighted by Crippen LogP contribution is -2.09. The van der Waals surface area contributed by atoms with Gasteiger partial charge >= 0.3 is 0 Å². The molecule has 0 bridgehead atoms. The van der Waals surface area contributed by atoms with E-state index in [0.717, 1.165) is 5.75 Å². The van der Waals surface area contributed by atoms with Gasteiger partial charge in [0.25, 0.3) is 0 Å². The van der Waals surface area contributed by atoms with Crippen molar-refractivity contribution in [1.29, 1.82) is 0 Å². The van der Waals surface area contributed by atoms with Crippen molar-refractivity contribution >= 4 is 0 Å². The number of fused-ring (bicyclic) bond motifs is 1. The molecule has 0 aromatic heterocycles. The van der Waals surface area contributed by atoms with E-state index in [-0.39, 0.29) is 0 Å². The second-order valence-corrected chi connectivity index (χ2v) is 3.93. The summed E-state index contributed by atoms with van der Waals surface area (Å²) in [6, 6.07) is 6.47. The average molecular weight is 176 g/mol. The Bertz CT molecular complexity index is 304. The van der Waals surface area contributed by atoms with Gasteiger partial charge in [-0.05, 0) is 44.7 Å². The van der Waals surface area contributed by atoms with Crippen LogP contribution in [0.2, 0.25) is 0 Å². The van der Waals surface area contributed by atoms with Gasteiger partial charge in [0.15, 0.2) is 0 Å². The van der Waals surface area contributed by atoms with Crippen LogP contribution < -0.4 is 4.74 Å². The Morgan fingerprint density at radius 2 is 2.23 bits per heavy atom. The van der Waals surface area contributed by atoms with Crippen molar-refractivity contribution in [2.24, 2.45) is 0 Å². The van der Waals surface area contributed by atoms with Crippen LogP contribution in [0.4, 0.5) is 0 Å². The molecule has 0 saturated carbocycles. The predicted octanol–water partition coefficient (Wildman–Crippen LogP) is 3.10. The van der Waals surface area contributed by atoms with E-state index in [0.29, 0.717) is 6.10 Å². The summed E-state index contributed by atoms with van der Waals surface area (Å²) in [5, 5.41) is 0. The molecule has 2 rings (SSSR count). The molecule has 0 amide bonds. The first kappa shape index (κ1) is 8.61. The van der Waals surface area contributed by atoms with Crippen LogP contribution in [0.5, 0.6) is 5.75 Å². The van der Waals surface area contributed by atoms with Crippen molar-refractivity contribution in [3.63, 3.8) is 0 Å². The molecule has 1 nitrogen and oxygen atoms in total. The zero-order chi connectivity index (χ0) is 9.26. The lowest BCUT2D eigenvalue weighted by Gasteiger charge is -2.12. The molecule has 0 fully saturated rings. The highest BCUT2D eigenvalue weighted by molar-refractivity contribution is 5.37. The number of benzene rings is 1. The van der Waals surface area contributed by atoms with Crippen LogP contribution in [0.15, 0.2) is 18.2 Å². The summed E-state index contributed by atoms with van der Waals surface area (Å²) in [6.07, 6.45) is 3.97. The van der Waals surface area contributed by atoms with Gasteiger partial charge in [-0.3, -0.25) is 0 Å². The maximum atomic E-state index is 5.81. The Kier molecular flexibility index (Phi) is 2.26. The molecule has 1 atom stereocenters. The fourth-order valence-corrected chi connectivity index (χ4v) is 1.87. The van der Waals surface area contributed by atoms with Gasteiger partial charge in [0.2, 0.25) is 0 Å². The molecule has 0 spiro atoms. The van der Waals surface area contributed by atoms with Crippen LogP contribution in [0, 0.1) is 6.92 Å². The number of ether oxygens (including phenoxy) is 1. The summed E-state index contributed by atoms with van der Waals surface area (Å²) < 4.78 is 5.81. The molecule has 1 heteroatoms. The zero-order valence-electron chi connectivity index (χ0n) is 8.34. The fraction of sp³-hybridized carbons (Fsp3) is 0.500. The minimum absolute atomic E-state index is 0.379. The third-order valence-electron chi connectivity index (χ3n) is 2.60. The topological polar surface area (TPSA) is 9.23 Å². The molecule has 1 aromatic carbocycles. The van der Waals surface area contributed by atoms with Crippen molar-refractivity contribution in [2.45, 2.75) is 39.2 Å². The molecule has 0 N–H and O–H groups in total. The molecule has 1 aliphatic heterocycles. The maximum absolute atomic E-state index is 5.81. The van der Waals surface area contributed by atoms with E-state index in [9.17, 15) is 0 Å². The quantitative estimate of drug-likeness (QED) is 0.590. The molecule has 0 saturated heterocycles. The van der Waals surface area contributed by atoms with E-state index >= 15 is 0 Å². The van der Waals surface area contributed by atoms with Gasteiger partial charge in [0.1, 0.15) is 5.75 Å². The van der Waals surface area contributed by atoms with Gasteiger partial charge in [0.05, 0.1) is 6.10 Å². The van der Waals surface area contributed by atoms with Gasteiger partial charge in [-0.1, -0.05) is 17.7 Å². The summed E-state index contributed by atoms with van der Waals surface area (Å²) in [5.74, 6) is 1.09. The van der Waals surface area contributed by atoms with Crippen molar-refractivity contribution in [1.82, 2.24) is 0 Å². The van der Waals surface area contributed by atoms with E-state index in [1.54, 1.807) is 0 Å². The normalized spacial score (nSPS) is 21.5. The first-order valence-corrected chi connectivity index (χ1v) is 5.02. The van der Waals surface area contributed by atoms with Crippen LogP contribution >= 0.6 is 0 Å². The zero-order valence-corrected chi connectivity index (χ0v) is 8.34. The lowest BCUT2D eigenvalue weighted by atomic mass is 10.1. The third-order valence-corrected chi connectivity index (χ3v) is 2.60. The number of rotatable bonds is 0. The van der Waals surface area contributed by atoms with E-state index in [1.807, 2.05) is 0 Å². The molecule has 70 valence electrons. The van der Waals surface area contributed by atoms with Crippen LogP contribution in [0.25, 0.3) is 0 Å². The highest BCUT2D eigenvalue weighted by Crippen LogP contribution is 2.27. The first-order valence-electron chi connectivity index (χ1n) is 5.02. The first-order chi connectivity index (χ1) is 6.25. The molecular formula is C12H16O. The Labute approximate surface area is 79.7 Å². The Hall–Kier alpha value is -0.980. The molecule has 1 unspecified atom stereocenters. The van der Waals surface area contributed by atoms with Crippen molar-refractivity contribution < 1.29 is 4.74 Å². The number of hydrogen-bond donors (Lipinski definition) is 0. The van der Waals surface area contributed by atoms with Crippen molar-refractivity contribution in [3.05, 3.63) is 29.3 Å². The summed E-state index contributed by atoms with van der Waals surface area (Å²) in [6.45, 7) is 4.28. The predicted molar refractivity (Wildman–Crippen MR) is 54.2 cm³/mol. The standard InChI is InChI=1S/C12H16O/c1-9-6-7-12-11(8-9)5-3-4-10(2)13-12/h6-8,10H,3-5H2,1-2H3. The molecule has 0 radical (unpaired) electrons. The van der Waals surface area contributed by atoms with Crippen LogP contribution in [-0.4, -0.2) is 6.10 Å². The SMILES string of the molecule is Cc1ccc2c(c1)CCCC(C)O2. The highest BCUT2D eigenvalue weighted by atomic mass is 16.5. The van der Waals surface area contributed by atoms with Crippen LogP contribution in [0.3, 0.4) is 0 Å². The molecular weight excluding hydrogens is 160 g/mol. The molecule has 1 aromatic rings. The minimum Gasteiger partial charge on any atom is -0.490 e. The third kappa shape index (κ3) is 1.85. The lowest BCUT2D eigenvalue weighted by molar-refractivity contribution is 0.216. The fourth-order valence-electron chi connectivity index (χ4n) is 1.87. The van der Waals surface area contributed by atoms with Gasteiger partial charge in [-0.2, -0.15) is 0 Å². The monoisotopic (exact) mass is 176 g/mol. The van der Waals surface area contributed by atoms with E-state index in [2.05, 4.69) is 32.0 Å². The van der Waals surface area contributed by atoms with Gasteiger partial charge in [-0.25, -0.2) is 0 Å². The summed E-state index contributed by atoms with van der Waals surface area (Å²) in [4.78, 5) is 0. The van der Waals surface area contributed by atoms with Crippen molar-refractivity contribution in [3.8, 4) is 5.75 Å².